The number of hydrogen-bond donors (Lipinski definition) is 2. The number of likely N-dealkylation sites (N-methyl/N-ethyl adjacent to an activating group) is 2. The lowest BCUT2D eigenvalue weighted by atomic mass is 9.69. The first kappa shape index (κ1) is 12.4. The first-order chi connectivity index (χ1) is 7.23. The van der Waals surface area contributed by atoms with Crippen molar-refractivity contribution in [2.75, 3.05) is 28.2 Å². The van der Waals surface area contributed by atoms with Gasteiger partial charge in [-0.25, -0.2) is 0 Å². The highest BCUT2D eigenvalue weighted by Gasteiger charge is 2.71. The Morgan fingerprint density at radius 3 is 1.88 bits per heavy atom. The highest BCUT2D eigenvalue weighted by atomic mass is 15.2. The molecule has 2 aliphatic rings. The van der Waals surface area contributed by atoms with E-state index in [1.165, 1.54) is 12.8 Å². The van der Waals surface area contributed by atoms with E-state index in [4.69, 9.17) is 0 Å². The smallest absolute Gasteiger partial charge is 0.146 e. The normalized spacial score (nSPS) is 45.9. The van der Waals surface area contributed by atoms with Gasteiger partial charge in [0.25, 0.3) is 0 Å². The van der Waals surface area contributed by atoms with Crippen LogP contribution in [0.1, 0.15) is 33.6 Å². The zero-order valence-electron chi connectivity index (χ0n) is 12.1. The fourth-order valence-corrected chi connectivity index (χ4v) is 5.11. The fourth-order valence-electron chi connectivity index (χ4n) is 5.11. The first-order valence-corrected chi connectivity index (χ1v) is 6.83. The van der Waals surface area contributed by atoms with Crippen molar-refractivity contribution in [3.63, 3.8) is 0 Å². The Bertz CT molecular complexity index is 282. The minimum absolute atomic E-state index is 0.525. The third kappa shape index (κ3) is 1.26. The van der Waals surface area contributed by atoms with Crippen LogP contribution in [0, 0.1) is 16.7 Å². The molecule has 2 bridgehead atoms. The standard InChI is InChI=1S/C14H28N2/c1-13(2)10-8-9-14(13,3)12(16(6)7)11(10)15(4)5/h10-12H,8-9H2,1-7H3/p+2. The Labute approximate surface area is 101 Å². The summed E-state index contributed by atoms with van der Waals surface area (Å²) in [6.07, 6.45) is 2.88. The second-order valence-corrected chi connectivity index (χ2v) is 7.44. The largest absolute Gasteiger partial charge is 0.332 e. The van der Waals surface area contributed by atoms with E-state index >= 15 is 0 Å². The molecule has 0 aromatic carbocycles. The molecule has 4 unspecified atom stereocenters. The van der Waals surface area contributed by atoms with Gasteiger partial charge in [0.2, 0.25) is 0 Å². The van der Waals surface area contributed by atoms with Crippen molar-refractivity contribution < 1.29 is 9.80 Å². The van der Waals surface area contributed by atoms with Crippen molar-refractivity contribution in [1.82, 2.24) is 0 Å². The molecule has 4 atom stereocenters. The van der Waals surface area contributed by atoms with Gasteiger partial charge in [-0.2, -0.15) is 0 Å². The third-order valence-corrected chi connectivity index (χ3v) is 6.14. The first-order valence-electron chi connectivity index (χ1n) is 6.83. The zero-order chi connectivity index (χ0) is 12.3. The van der Waals surface area contributed by atoms with Crippen molar-refractivity contribution in [3.05, 3.63) is 0 Å². The molecule has 2 aliphatic carbocycles. The van der Waals surface area contributed by atoms with E-state index in [-0.39, 0.29) is 0 Å². The summed E-state index contributed by atoms with van der Waals surface area (Å²) in [7, 11) is 9.40. The minimum Gasteiger partial charge on any atom is -0.332 e. The van der Waals surface area contributed by atoms with Crippen molar-refractivity contribution in [3.8, 4) is 0 Å². The highest BCUT2D eigenvalue weighted by molar-refractivity contribution is 5.14. The molecule has 0 spiro atoms. The number of fused-ring (bicyclic) bond motifs is 2. The predicted octanol–water partition coefficient (Wildman–Crippen LogP) is -0.531. The Kier molecular flexibility index (Phi) is 2.67. The van der Waals surface area contributed by atoms with Crippen molar-refractivity contribution in [2.24, 2.45) is 16.7 Å². The maximum absolute atomic E-state index is 2.55. The number of hydrogen-bond acceptors (Lipinski definition) is 0. The molecule has 0 aliphatic heterocycles. The van der Waals surface area contributed by atoms with Gasteiger partial charge >= 0.3 is 0 Å². The van der Waals surface area contributed by atoms with Crippen LogP contribution in [0.4, 0.5) is 0 Å². The summed E-state index contributed by atoms with van der Waals surface area (Å²) in [6.45, 7) is 7.58. The van der Waals surface area contributed by atoms with Gasteiger partial charge in [-0.05, 0) is 18.3 Å². The summed E-state index contributed by atoms with van der Waals surface area (Å²) >= 11 is 0. The lowest BCUT2D eigenvalue weighted by molar-refractivity contribution is -0.964. The van der Waals surface area contributed by atoms with Crippen LogP contribution in [-0.4, -0.2) is 40.3 Å². The van der Waals surface area contributed by atoms with Crippen molar-refractivity contribution in [1.29, 1.82) is 0 Å². The average Bonchev–Trinajstić information content (AvgIpc) is 2.45. The molecule has 0 aromatic rings. The van der Waals surface area contributed by atoms with Crippen LogP contribution in [0.15, 0.2) is 0 Å². The molecule has 2 nitrogen and oxygen atoms in total. The number of quaternary nitrogens is 2. The maximum atomic E-state index is 2.55. The number of rotatable bonds is 2. The molecule has 0 radical (unpaired) electrons. The summed E-state index contributed by atoms with van der Waals surface area (Å²) in [5.41, 5.74) is 1.06. The molecule has 2 heteroatoms. The quantitative estimate of drug-likeness (QED) is 0.626. The van der Waals surface area contributed by atoms with Gasteiger partial charge in [0, 0.05) is 11.3 Å². The van der Waals surface area contributed by atoms with Gasteiger partial charge in [-0.3, -0.25) is 0 Å². The molecular weight excluding hydrogens is 196 g/mol. The predicted molar refractivity (Wildman–Crippen MR) is 67.8 cm³/mol. The van der Waals surface area contributed by atoms with E-state index in [0.29, 0.717) is 10.8 Å². The van der Waals surface area contributed by atoms with Crippen LogP contribution in [0.3, 0.4) is 0 Å². The van der Waals surface area contributed by atoms with E-state index in [9.17, 15) is 0 Å². The van der Waals surface area contributed by atoms with Gasteiger partial charge in [0.1, 0.15) is 12.1 Å². The highest BCUT2D eigenvalue weighted by Crippen LogP contribution is 2.64. The Hall–Kier alpha value is -0.0800. The monoisotopic (exact) mass is 226 g/mol. The van der Waals surface area contributed by atoms with E-state index in [1.807, 2.05) is 0 Å². The summed E-state index contributed by atoms with van der Waals surface area (Å²) in [5, 5.41) is 0. The SMILES string of the molecule is C[NH+](C)C1C2CCC(C)(C1[NH+](C)C)C2(C)C. The Balaban J connectivity index is 2.44. The fraction of sp³-hybridized carbons (Fsp3) is 1.00. The minimum atomic E-state index is 0.525. The lowest BCUT2D eigenvalue weighted by Gasteiger charge is -2.40. The Morgan fingerprint density at radius 1 is 0.938 bits per heavy atom. The molecule has 2 rings (SSSR count). The van der Waals surface area contributed by atoms with Gasteiger partial charge in [0.15, 0.2) is 0 Å². The molecule has 2 fully saturated rings. The maximum Gasteiger partial charge on any atom is 0.146 e. The molecule has 2 N–H and O–H groups in total. The topological polar surface area (TPSA) is 8.88 Å². The van der Waals surface area contributed by atoms with Crippen molar-refractivity contribution in [2.45, 2.75) is 45.7 Å². The average molecular weight is 226 g/mol. The van der Waals surface area contributed by atoms with Gasteiger partial charge in [0.05, 0.1) is 28.2 Å². The van der Waals surface area contributed by atoms with Gasteiger partial charge in [-0.15, -0.1) is 0 Å². The second-order valence-electron chi connectivity index (χ2n) is 7.44. The van der Waals surface area contributed by atoms with Crippen LogP contribution in [0.5, 0.6) is 0 Å². The lowest BCUT2D eigenvalue weighted by Crippen LogP contribution is -3.22. The van der Waals surface area contributed by atoms with E-state index in [2.05, 4.69) is 49.0 Å². The summed E-state index contributed by atoms with van der Waals surface area (Å²) in [5.74, 6) is 0.919. The van der Waals surface area contributed by atoms with Crippen molar-refractivity contribution >= 4 is 0 Å². The van der Waals surface area contributed by atoms with Crippen LogP contribution in [0.25, 0.3) is 0 Å². The molecule has 2 saturated carbocycles. The van der Waals surface area contributed by atoms with Gasteiger partial charge in [-0.1, -0.05) is 20.8 Å². The molecular formula is C14H30N2+2. The molecule has 16 heavy (non-hydrogen) atoms. The van der Waals surface area contributed by atoms with Crippen LogP contribution in [-0.2, 0) is 0 Å². The summed E-state index contributed by atoms with van der Waals surface area (Å²) in [6, 6.07) is 1.67. The molecule has 0 aromatic heterocycles. The molecule has 0 amide bonds. The summed E-state index contributed by atoms with van der Waals surface area (Å²) < 4.78 is 0. The van der Waals surface area contributed by atoms with Crippen LogP contribution < -0.4 is 9.80 Å². The summed E-state index contributed by atoms with van der Waals surface area (Å²) in [4.78, 5) is 3.32. The van der Waals surface area contributed by atoms with E-state index in [1.54, 1.807) is 9.80 Å². The molecule has 0 heterocycles. The van der Waals surface area contributed by atoms with E-state index in [0.717, 1.165) is 18.0 Å². The third-order valence-electron chi connectivity index (χ3n) is 6.14. The molecule has 0 saturated heterocycles. The second kappa shape index (κ2) is 3.46. The van der Waals surface area contributed by atoms with Crippen LogP contribution >= 0.6 is 0 Å². The van der Waals surface area contributed by atoms with E-state index < -0.39 is 0 Å². The van der Waals surface area contributed by atoms with Crippen LogP contribution in [0.2, 0.25) is 0 Å². The zero-order valence-corrected chi connectivity index (χ0v) is 12.1. The molecule has 94 valence electrons. The Morgan fingerprint density at radius 2 is 1.50 bits per heavy atom. The number of nitrogens with one attached hydrogen (secondary N) is 2. The van der Waals surface area contributed by atoms with Gasteiger partial charge < -0.3 is 9.80 Å².